The molecule has 0 aliphatic heterocycles. The van der Waals surface area contributed by atoms with Gasteiger partial charge in [0, 0.05) is 43.0 Å². The quantitative estimate of drug-likeness (QED) is 0.697. The molecule has 0 radical (unpaired) electrons. The summed E-state index contributed by atoms with van der Waals surface area (Å²) in [5, 5.41) is 21.3. The van der Waals surface area contributed by atoms with Crippen LogP contribution in [0.5, 0.6) is 11.5 Å². The maximum atomic E-state index is 13.1. The molecule has 3 rings (SSSR count). The third-order valence-electron chi connectivity index (χ3n) is 5.71. The van der Waals surface area contributed by atoms with E-state index in [1.807, 2.05) is 30.3 Å². The van der Waals surface area contributed by atoms with Gasteiger partial charge in [-0.25, -0.2) is 0 Å². The number of aromatic nitrogens is 2. The average Bonchev–Trinajstić information content (AvgIpc) is 2.69. The molecular weight excluding hydrogens is 368 g/mol. The Labute approximate surface area is 169 Å². The van der Waals surface area contributed by atoms with Gasteiger partial charge in [-0.15, -0.1) is 0 Å². The van der Waals surface area contributed by atoms with Crippen LogP contribution in [0.15, 0.2) is 52.1 Å². The molecule has 1 unspecified atom stereocenters. The lowest BCUT2D eigenvalue weighted by Gasteiger charge is -2.23. The lowest BCUT2D eigenvalue weighted by atomic mass is 9.84. The van der Waals surface area contributed by atoms with E-state index in [0.717, 1.165) is 11.6 Å². The Morgan fingerprint density at radius 1 is 0.897 bits per heavy atom. The molecule has 0 saturated carbocycles. The summed E-state index contributed by atoms with van der Waals surface area (Å²) in [7, 11) is 3.28. The SMILES string of the molecule is Cc1c(C(CCc2ccccc2)c2c(O)cc(C)n(C)c2=O)c(O)cc(=O)n1C. The molecule has 0 fully saturated rings. The predicted octanol–water partition coefficient (Wildman–Crippen LogP) is 2.88. The molecule has 6 heteroatoms. The molecule has 152 valence electrons. The smallest absolute Gasteiger partial charge is 0.258 e. The van der Waals surface area contributed by atoms with Crippen LogP contribution < -0.4 is 11.1 Å². The van der Waals surface area contributed by atoms with Crippen LogP contribution in [0.2, 0.25) is 0 Å². The minimum atomic E-state index is -0.568. The first kappa shape index (κ1) is 20.5. The summed E-state index contributed by atoms with van der Waals surface area (Å²) in [4.78, 5) is 25.1. The molecule has 0 aliphatic carbocycles. The fourth-order valence-electron chi connectivity index (χ4n) is 3.79. The molecule has 0 amide bonds. The van der Waals surface area contributed by atoms with Crippen LogP contribution in [0.3, 0.4) is 0 Å². The van der Waals surface area contributed by atoms with Gasteiger partial charge in [0.25, 0.3) is 11.1 Å². The number of nitrogens with zero attached hydrogens (tertiary/aromatic N) is 2. The molecule has 0 bridgehead atoms. The molecule has 29 heavy (non-hydrogen) atoms. The van der Waals surface area contributed by atoms with E-state index < -0.39 is 5.92 Å². The monoisotopic (exact) mass is 394 g/mol. The molecular formula is C23H26N2O4. The highest BCUT2D eigenvalue weighted by atomic mass is 16.3. The van der Waals surface area contributed by atoms with Crippen molar-refractivity contribution in [1.82, 2.24) is 9.13 Å². The van der Waals surface area contributed by atoms with E-state index in [-0.39, 0.29) is 28.2 Å². The van der Waals surface area contributed by atoms with Gasteiger partial charge in [0.1, 0.15) is 11.5 Å². The van der Waals surface area contributed by atoms with Gasteiger partial charge in [0.15, 0.2) is 0 Å². The fraction of sp³-hybridized carbons (Fsp3) is 0.304. The van der Waals surface area contributed by atoms with Gasteiger partial charge >= 0.3 is 0 Å². The first-order valence-electron chi connectivity index (χ1n) is 9.55. The third-order valence-corrected chi connectivity index (χ3v) is 5.71. The van der Waals surface area contributed by atoms with Gasteiger partial charge in [0.05, 0.1) is 5.56 Å². The number of pyridine rings is 2. The van der Waals surface area contributed by atoms with Crippen molar-refractivity contribution in [2.24, 2.45) is 14.1 Å². The number of benzene rings is 1. The zero-order valence-electron chi connectivity index (χ0n) is 17.1. The number of hydrogen-bond acceptors (Lipinski definition) is 4. The Balaban J connectivity index is 2.22. The minimum absolute atomic E-state index is 0.101. The van der Waals surface area contributed by atoms with E-state index >= 15 is 0 Å². The van der Waals surface area contributed by atoms with E-state index in [1.54, 1.807) is 34.0 Å². The lowest BCUT2D eigenvalue weighted by molar-refractivity contribution is 0.442. The molecule has 3 aromatic rings. The summed E-state index contributed by atoms with van der Waals surface area (Å²) in [6, 6.07) is 12.5. The summed E-state index contributed by atoms with van der Waals surface area (Å²) in [6.45, 7) is 3.49. The molecule has 2 aromatic heterocycles. The van der Waals surface area contributed by atoms with Gasteiger partial charge in [-0.1, -0.05) is 30.3 Å². The van der Waals surface area contributed by atoms with Crippen molar-refractivity contribution in [1.29, 1.82) is 0 Å². The molecule has 6 nitrogen and oxygen atoms in total. The van der Waals surface area contributed by atoms with Gasteiger partial charge < -0.3 is 19.3 Å². The Morgan fingerprint density at radius 2 is 1.52 bits per heavy atom. The summed E-state index contributed by atoms with van der Waals surface area (Å²) in [5.41, 5.74) is 2.36. The normalized spacial score (nSPS) is 12.1. The minimum Gasteiger partial charge on any atom is -0.507 e. The zero-order valence-corrected chi connectivity index (χ0v) is 17.1. The van der Waals surface area contributed by atoms with Gasteiger partial charge in [0.2, 0.25) is 0 Å². The summed E-state index contributed by atoms with van der Waals surface area (Å²) in [6.07, 6.45) is 1.13. The van der Waals surface area contributed by atoms with Crippen LogP contribution in [0.25, 0.3) is 0 Å². The highest BCUT2D eigenvalue weighted by Gasteiger charge is 2.28. The third kappa shape index (κ3) is 3.83. The molecule has 2 heterocycles. The van der Waals surface area contributed by atoms with Gasteiger partial charge in [-0.05, 0) is 38.3 Å². The predicted molar refractivity (Wildman–Crippen MR) is 113 cm³/mol. The van der Waals surface area contributed by atoms with Crippen LogP contribution in [0, 0.1) is 13.8 Å². The topological polar surface area (TPSA) is 84.5 Å². The van der Waals surface area contributed by atoms with Crippen LogP contribution >= 0.6 is 0 Å². The molecule has 0 saturated heterocycles. The largest absolute Gasteiger partial charge is 0.507 e. The van der Waals surface area contributed by atoms with Gasteiger partial charge in [-0.3, -0.25) is 9.59 Å². The Kier molecular flexibility index (Phi) is 5.64. The number of aromatic hydroxyl groups is 2. The maximum absolute atomic E-state index is 13.1. The number of hydrogen-bond donors (Lipinski definition) is 2. The van der Waals surface area contributed by atoms with E-state index in [0.29, 0.717) is 29.8 Å². The summed E-state index contributed by atoms with van der Waals surface area (Å²) in [5.74, 6) is -0.830. The van der Waals surface area contributed by atoms with Gasteiger partial charge in [-0.2, -0.15) is 0 Å². The molecule has 1 aromatic carbocycles. The second-order valence-electron chi connectivity index (χ2n) is 7.45. The first-order valence-corrected chi connectivity index (χ1v) is 9.55. The molecule has 2 N–H and O–H groups in total. The van der Waals surface area contributed by atoms with Crippen LogP contribution in [0.4, 0.5) is 0 Å². The van der Waals surface area contributed by atoms with E-state index in [4.69, 9.17) is 0 Å². The highest BCUT2D eigenvalue weighted by molar-refractivity contribution is 5.47. The second-order valence-corrected chi connectivity index (χ2v) is 7.45. The second kappa shape index (κ2) is 7.99. The van der Waals surface area contributed by atoms with E-state index in [2.05, 4.69) is 0 Å². The standard InChI is InChI=1S/C23H26N2O4/c1-14-12-18(26)22(23(29)24(14)3)17(11-10-16-8-6-5-7-9-16)21-15(2)25(4)20(28)13-19(21)27/h5-9,12-13,17,26-27H,10-11H2,1-4H3. The zero-order chi connectivity index (χ0) is 21.3. The highest BCUT2D eigenvalue weighted by Crippen LogP contribution is 2.38. The van der Waals surface area contributed by atoms with Crippen molar-refractivity contribution < 1.29 is 10.2 Å². The maximum Gasteiger partial charge on any atom is 0.258 e. The Morgan fingerprint density at radius 3 is 2.17 bits per heavy atom. The molecule has 0 spiro atoms. The summed E-state index contributed by atoms with van der Waals surface area (Å²) < 4.78 is 2.93. The molecule has 1 atom stereocenters. The van der Waals surface area contributed by atoms with Crippen LogP contribution in [-0.4, -0.2) is 19.3 Å². The Hall–Kier alpha value is -3.28. The van der Waals surface area contributed by atoms with Crippen molar-refractivity contribution in [2.75, 3.05) is 0 Å². The number of rotatable bonds is 5. The lowest BCUT2D eigenvalue weighted by Crippen LogP contribution is -2.27. The first-order chi connectivity index (χ1) is 13.7. The number of aryl methyl sites for hydroxylation is 2. The fourth-order valence-corrected chi connectivity index (χ4v) is 3.79. The van der Waals surface area contributed by atoms with Crippen molar-refractivity contribution >= 4 is 0 Å². The van der Waals surface area contributed by atoms with E-state index in [9.17, 15) is 19.8 Å². The Bertz CT molecular complexity index is 1160. The summed E-state index contributed by atoms with van der Waals surface area (Å²) >= 11 is 0. The van der Waals surface area contributed by atoms with Crippen LogP contribution in [-0.2, 0) is 20.5 Å². The van der Waals surface area contributed by atoms with Crippen molar-refractivity contribution in [3.05, 3.63) is 91.3 Å². The van der Waals surface area contributed by atoms with E-state index in [1.165, 1.54) is 9.13 Å². The van der Waals surface area contributed by atoms with Crippen molar-refractivity contribution in [3.8, 4) is 11.5 Å². The van der Waals surface area contributed by atoms with Crippen molar-refractivity contribution in [3.63, 3.8) is 0 Å². The van der Waals surface area contributed by atoms with Crippen molar-refractivity contribution in [2.45, 2.75) is 32.6 Å². The van der Waals surface area contributed by atoms with Crippen LogP contribution in [0.1, 0.15) is 40.4 Å². The average molecular weight is 394 g/mol. The molecule has 0 aliphatic rings.